The molecule has 0 aromatic rings. The molecule has 4 heteroatoms. The summed E-state index contributed by atoms with van der Waals surface area (Å²) in [6.45, 7) is 0. The molecule has 0 saturated carbocycles. The van der Waals surface area contributed by atoms with Crippen LogP contribution in [0.5, 0.6) is 0 Å². The first-order valence-corrected chi connectivity index (χ1v) is 3.26. The molecule has 0 aliphatic carbocycles. The minimum Gasteiger partial charge on any atom is -0.322 e. The van der Waals surface area contributed by atoms with Gasteiger partial charge in [-0.3, -0.25) is 0 Å². The molecule has 2 N–H and O–H groups in total. The van der Waals surface area contributed by atoms with Gasteiger partial charge in [0.05, 0.1) is 10.2 Å². The summed E-state index contributed by atoms with van der Waals surface area (Å²) in [6.07, 6.45) is 0. The van der Waals surface area contributed by atoms with Gasteiger partial charge in [-0.15, -0.1) is 12.6 Å². The molecule has 1 atom stereocenters. The minimum atomic E-state index is -0.137. The van der Waals surface area contributed by atoms with Crippen molar-refractivity contribution in [2.75, 3.05) is 5.75 Å². The largest absolute Gasteiger partial charge is 0.322 e. The van der Waals surface area contributed by atoms with E-state index in [1.54, 1.807) is 0 Å². The van der Waals surface area contributed by atoms with E-state index in [0.29, 0.717) is 9.95 Å². The Kier molecular flexibility index (Phi) is 4.11. The summed E-state index contributed by atoms with van der Waals surface area (Å²) in [5, 5.41) is 0. The first-order valence-electron chi connectivity index (χ1n) is 1.77. The summed E-state index contributed by atoms with van der Waals surface area (Å²) in [5.41, 5.74) is 5.32. The zero-order valence-corrected chi connectivity index (χ0v) is 6.27. The second-order valence-corrected chi connectivity index (χ2v) is 2.72. The molecule has 1 nitrogen and oxygen atoms in total. The highest BCUT2D eigenvalue weighted by atomic mass is 32.1. The molecule has 0 spiro atoms. The molecule has 7 heavy (non-hydrogen) atoms. The van der Waals surface area contributed by atoms with Gasteiger partial charge in [-0.2, -0.15) is 12.6 Å². The molecule has 0 bridgehead atoms. The predicted octanol–water partition coefficient (Wildman–Crippen LogP) is 0.501. The summed E-state index contributed by atoms with van der Waals surface area (Å²) >= 11 is 12.3. The van der Waals surface area contributed by atoms with Crippen molar-refractivity contribution in [3.05, 3.63) is 0 Å². The van der Waals surface area contributed by atoms with Crippen LogP contribution in [0, 0.1) is 0 Å². The molecule has 0 radical (unpaired) electrons. The lowest BCUT2D eigenvalue weighted by Crippen LogP contribution is -2.27. The standard InChI is InChI=1S/C3H7NS3/c4-2(1-5)3(6)7/h2,5H,1,4H2,(H,6,7). The molecule has 0 aliphatic rings. The van der Waals surface area contributed by atoms with Crippen LogP contribution in [0.2, 0.25) is 0 Å². The van der Waals surface area contributed by atoms with Crippen LogP contribution in [0.4, 0.5) is 0 Å². The van der Waals surface area contributed by atoms with Gasteiger partial charge in [0.15, 0.2) is 0 Å². The first-order chi connectivity index (χ1) is 3.18. The monoisotopic (exact) mass is 153 g/mol. The van der Waals surface area contributed by atoms with Crippen molar-refractivity contribution >= 4 is 41.7 Å². The van der Waals surface area contributed by atoms with Crippen molar-refractivity contribution in [2.24, 2.45) is 5.73 Å². The van der Waals surface area contributed by atoms with E-state index in [9.17, 15) is 0 Å². The molecular weight excluding hydrogens is 146 g/mol. The molecule has 0 amide bonds. The Hall–Kier alpha value is 0.750. The Morgan fingerprint density at radius 3 is 2.29 bits per heavy atom. The quantitative estimate of drug-likeness (QED) is 0.398. The van der Waals surface area contributed by atoms with Gasteiger partial charge < -0.3 is 5.73 Å². The Bertz CT molecular complexity index is 72.6. The maximum atomic E-state index is 5.32. The summed E-state index contributed by atoms with van der Waals surface area (Å²) in [5.74, 6) is 0.572. The number of hydrogen-bond acceptors (Lipinski definition) is 3. The van der Waals surface area contributed by atoms with Gasteiger partial charge in [-0.05, 0) is 0 Å². The van der Waals surface area contributed by atoms with Crippen molar-refractivity contribution in [3.8, 4) is 0 Å². The number of rotatable bonds is 2. The van der Waals surface area contributed by atoms with Crippen molar-refractivity contribution in [1.82, 2.24) is 0 Å². The molecule has 0 aromatic heterocycles. The lowest BCUT2D eigenvalue weighted by Gasteiger charge is -2.00. The number of nitrogens with two attached hydrogens (primary N) is 1. The normalized spacial score (nSPS) is 13.6. The molecular formula is C3H7NS3. The van der Waals surface area contributed by atoms with Crippen LogP contribution >= 0.6 is 37.5 Å². The summed E-state index contributed by atoms with van der Waals surface area (Å²) < 4.78 is 0.523. The summed E-state index contributed by atoms with van der Waals surface area (Å²) in [7, 11) is 0. The van der Waals surface area contributed by atoms with Gasteiger partial charge in [-0.1, -0.05) is 12.2 Å². The van der Waals surface area contributed by atoms with Gasteiger partial charge in [0, 0.05) is 5.75 Å². The van der Waals surface area contributed by atoms with Gasteiger partial charge in [-0.25, -0.2) is 0 Å². The first kappa shape index (κ1) is 7.75. The van der Waals surface area contributed by atoms with Crippen molar-refractivity contribution < 1.29 is 0 Å². The smallest absolute Gasteiger partial charge is 0.0624 e. The number of thiocarbonyl (C=S) groups is 1. The SMILES string of the molecule is NC(CS)C(=S)S. The van der Waals surface area contributed by atoms with E-state index in [1.807, 2.05) is 0 Å². The fraction of sp³-hybridized carbons (Fsp3) is 0.667. The lowest BCUT2D eigenvalue weighted by molar-refractivity contribution is 1.02. The molecule has 1 unspecified atom stereocenters. The molecule has 0 fully saturated rings. The van der Waals surface area contributed by atoms with E-state index in [-0.39, 0.29) is 6.04 Å². The van der Waals surface area contributed by atoms with Gasteiger partial charge >= 0.3 is 0 Å². The van der Waals surface area contributed by atoms with E-state index in [4.69, 9.17) is 5.73 Å². The molecule has 0 aromatic carbocycles. The summed E-state index contributed by atoms with van der Waals surface area (Å²) in [6, 6.07) is -0.137. The van der Waals surface area contributed by atoms with Crippen LogP contribution in [0.3, 0.4) is 0 Å². The molecule has 0 rings (SSSR count). The maximum Gasteiger partial charge on any atom is 0.0624 e. The summed E-state index contributed by atoms with van der Waals surface area (Å²) in [4.78, 5) is 0. The van der Waals surface area contributed by atoms with Gasteiger partial charge in [0.1, 0.15) is 0 Å². The molecule has 0 aliphatic heterocycles. The Labute approximate surface area is 59.5 Å². The van der Waals surface area contributed by atoms with Crippen LogP contribution < -0.4 is 5.73 Å². The fourth-order valence-corrected chi connectivity index (χ4v) is 0.703. The highest BCUT2D eigenvalue weighted by Gasteiger charge is 1.98. The number of thiol groups is 2. The van der Waals surface area contributed by atoms with Gasteiger partial charge in [0.25, 0.3) is 0 Å². The highest BCUT2D eigenvalue weighted by Crippen LogP contribution is 1.91. The van der Waals surface area contributed by atoms with E-state index in [1.165, 1.54) is 0 Å². The van der Waals surface area contributed by atoms with E-state index in [0.717, 1.165) is 0 Å². The second-order valence-electron chi connectivity index (χ2n) is 1.13. The van der Waals surface area contributed by atoms with E-state index < -0.39 is 0 Å². The fourth-order valence-electron chi connectivity index (χ4n) is 0.0781. The third-order valence-electron chi connectivity index (χ3n) is 0.514. The van der Waals surface area contributed by atoms with Crippen molar-refractivity contribution in [2.45, 2.75) is 6.04 Å². The van der Waals surface area contributed by atoms with Crippen molar-refractivity contribution in [1.29, 1.82) is 0 Å². The average Bonchev–Trinajstić information content (AvgIpc) is 1.65. The second kappa shape index (κ2) is 3.72. The van der Waals surface area contributed by atoms with E-state index >= 15 is 0 Å². The van der Waals surface area contributed by atoms with Crippen molar-refractivity contribution in [3.63, 3.8) is 0 Å². The van der Waals surface area contributed by atoms with Crippen LogP contribution in [0.1, 0.15) is 0 Å². The average molecular weight is 153 g/mol. The third kappa shape index (κ3) is 3.34. The van der Waals surface area contributed by atoms with Crippen LogP contribution in [0.25, 0.3) is 0 Å². The molecule has 42 valence electrons. The molecule has 0 saturated heterocycles. The third-order valence-corrected chi connectivity index (χ3v) is 1.54. The Morgan fingerprint density at radius 1 is 1.86 bits per heavy atom. The topological polar surface area (TPSA) is 26.0 Å². The van der Waals surface area contributed by atoms with E-state index in [2.05, 4.69) is 37.5 Å². The zero-order valence-electron chi connectivity index (χ0n) is 3.66. The van der Waals surface area contributed by atoms with Crippen LogP contribution in [0.15, 0.2) is 0 Å². The molecule has 0 heterocycles. The maximum absolute atomic E-state index is 5.32. The highest BCUT2D eigenvalue weighted by molar-refractivity contribution is 8.11. The zero-order chi connectivity index (χ0) is 5.86. The van der Waals surface area contributed by atoms with Crippen LogP contribution in [-0.4, -0.2) is 16.0 Å². The minimum absolute atomic E-state index is 0.137. The Balaban J connectivity index is 3.34. The lowest BCUT2D eigenvalue weighted by atomic mass is 10.4. The Morgan fingerprint density at radius 2 is 2.29 bits per heavy atom. The number of hydrogen-bond donors (Lipinski definition) is 3. The van der Waals surface area contributed by atoms with Gasteiger partial charge in [0.2, 0.25) is 0 Å². The van der Waals surface area contributed by atoms with Crippen LogP contribution in [-0.2, 0) is 0 Å². The predicted molar refractivity (Wildman–Crippen MR) is 43.4 cm³/mol.